The molecule has 20 heavy (non-hydrogen) atoms. The van der Waals surface area contributed by atoms with E-state index in [1.54, 1.807) is 18.2 Å². The Morgan fingerprint density at radius 1 is 1.20 bits per heavy atom. The molecule has 5 nitrogen and oxygen atoms in total. The van der Waals surface area contributed by atoms with Crippen LogP contribution in [0.5, 0.6) is 5.75 Å². The summed E-state index contributed by atoms with van der Waals surface area (Å²) in [5.74, 6) is -1.16. The monoisotopic (exact) mass is 273 g/mol. The maximum absolute atomic E-state index is 12.1. The summed E-state index contributed by atoms with van der Waals surface area (Å²) >= 11 is 0. The zero-order valence-electron chi connectivity index (χ0n) is 11.2. The molecule has 5 heteroatoms. The molecule has 0 saturated carbocycles. The normalized spacial score (nSPS) is 11.9. The van der Waals surface area contributed by atoms with Gasteiger partial charge in [0, 0.05) is 5.39 Å². The average molecular weight is 273 g/mol. The largest absolute Gasteiger partial charge is 0.506 e. The molecule has 2 rings (SSSR count). The minimum absolute atomic E-state index is 0.0994. The third-order valence-corrected chi connectivity index (χ3v) is 3.05. The lowest BCUT2D eigenvalue weighted by molar-refractivity contribution is -0.142. The molecule has 1 amide bonds. The molecule has 2 aromatic rings. The highest BCUT2D eigenvalue weighted by molar-refractivity contribution is 6.04. The summed E-state index contributed by atoms with van der Waals surface area (Å²) in [5, 5.41) is 14.1. The molecule has 2 N–H and O–H groups in total. The van der Waals surface area contributed by atoms with Gasteiger partial charge in [-0.05, 0) is 18.4 Å². The van der Waals surface area contributed by atoms with Crippen molar-refractivity contribution in [2.24, 2.45) is 0 Å². The number of phenols is 1. The van der Waals surface area contributed by atoms with Crippen LogP contribution in [0.2, 0.25) is 0 Å². The number of nitrogens with one attached hydrogen (secondary N) is 1. The highest BCUT2D eigenvalue weighted by atomic mass is 16.5. The van der Waals surface area contributed by atoms with E-state index in [9.17, 15) is 14.7 Å². The zero-order chi connectivity index (χ0) is 14.7. The SMILES string of the molecule is COC(=O)C(C)NC(=O)c1ccc2ccccc2c1O. The number of phenolic OH excluding ortho intramolecular Hbond substituents is 1. The van der Waals surface area contributed by atoms with Crippen LogP contribution in [0.4, 0.5) is 0 Å². The fraction of sp³-hybridized carbons (Fsp3) is 0.200. The standard InChI is InChI=1S/C15H15NO4/c1-9(15(19)20-2)16-14(18)12-8-7-10-5-3-4-6-11(10)13(12)17/h3-9,17H,1-2H3,(H,16,18). The number of ether oxygens (including phenoxy) is 1. The first-order chi connectivity index (χ1) is 9.54. The second-order valence-corrected chi connectivity index (χ2v) is 4.40. The first-order valence-electron chi connectivity index (χ1n) is 6.14. The van der Waals surface area contributed by atoms with Crippen LogP contribution in [0.3, 0.4) is 0 Å². The average Bonchev–Trinajstić information content (AvgIpc) is 2.46. The first kappa shape index (κ1) is 13.9. The van der Waals surface area contributed by atoms with Gasteiger partial charge in [0.2, 0.25) is 0 Å². The molecular weight excluding hydrogens is 258 g/mol. The van der Waals surface area contributed by atoms with Gasteiger partial charge in [-0.1, -0.05) is 30.3 Å². The highest BCUT2D eigenvalue weighted by Gasteiger charge is 2.19. The van der Waals surface area contributed by atoms with Crippen LogP contribution in [-0.4, -0.2) is 30.1 Å². The number of hydrogen-bond acceptors (Lipinski definition) is 4. The number of aromatic hydroxyl groups is 1. The predicted octanol–water partition coefficient (Wildman–Crippen LogP) is 1.84. The van der Waals surface area contributed by atoms with Crippen molar-refractivity contribution in [1.29, 1.82) is 0 Å². The number of esters is 1. The van der Waals surface area contributed by atoms with Gasteiger partial charge in [-0.3, -0.25) is 4.79 Å². The van der Waals surface area contributed by atoms with Crippen LogP contribution >= 0.6 is 0 Å². The highest BCUT2D eigenvalue weighted by Crippen LogP contribution is 2.28. The molecule has 0 radical (unpaired) electrons. The molecule has 0 saturated heterocycles. The summed E-state index contributed by atoms with van der Waals surface area (Å²) in [6.45, 7) is 1.52. The van der Waals surface area contributed by atoms with E-state index in [1.807, 2.05) is 12.1 Å². The summed E-state index contributed by atoms with van der Waals surface area (Å²) in [7, 11) is 1.25. The van der Waals surface area contributed by atoms with Gasteiger partial charge in [-0.25, -0.2) is 4.79 Å². The molecule has 0 aliphatic heterocycles. The van der Waals surface area contributed by atoms with Crippen molar-refractivity contribution in [2.75, 3.05) is 7.11 Å². The molecule has 0 aliphatic rings. The third kappa shape index (κ3) is 2.56. The molecule has 0 spiro atoms. The van der Waals surface area contributed by atoms with E-state index < -0.39 is 17.9 Å². The number of methoxy groups -OCH3 is 1. The molecule has 0 fully saturated rings. The number of rotatable bonds is 3. The zero-order valence-corrected chi connectivity index (χ0v) is 11.2. The number of carbonyl (C=O) groups is 2. The second kappa shape index (κ2) is 5.61. The minimum atomic E-state index is -0.779. The first-order valence-corrected chi connectivity index (χ1v) is 6.14. The van der Waals surface area contributed by atoms with E-state index >= 15 is 0 Å². The molecular formula is C15H15NO4. The van der Waals surface area contributed by atoms with Crippen molar-refractivity contribution >= 4 is 22.6 Å². The molecule has 0 heterocycles. The predicted molar refractivity (Wildman–Crippen MR) is 74.6 cm³/mol. The summed E-state index contributed by atoms with van der Waals surface area (Å²) in [6, 6.07) is 9.68. The van der Waals surface area contributed by atoms with E-state index in [4.69, 9.17) is 0 Å². The topological polar surface area (TPSA) is 75.6 Å². The van der Waals surface area contributed by atoms with Crippen LogP contribution < -0.4 is 5.32 Å². The quantitative estimate of drug-likeness (QED) is 0.837. The van der Waals surface area contributed by atoms with E-state index in [2.05, 4.69) is 10.1 Å². The third-order valence-electron chi connectivity index (χ3n) is 3.05. The summed E-state index contributed by atoms with van der Waals surface area (Å²) < 4.78 is 4.53. The summed E-state index contributed by atoms with van der Waals surface area (Å²) in [4.78, 5) is 23.3. The lowest BCUT2D eigenvalue weighted by atomic mass is 10.0. The summed E-state index contributed by atoms with van der Waals surface area (Å²) in [6.07, 6.45) is 0. The lowest BCUT2D eigenvalue weighted by Crippen LogP contribution is -2.39. The van der Waals surface area contributed by atoms with E-state index in [0.717, 1.165) is 5.39 Å². The maximum Gasteiger partial charge on any atom is 0.328 e. The number of fused-ring (bicyclic) bond motifs is 1. The minimum Gasteiger partial charge on any atom is -0.506 e. The Labute approximate surface area is 116 Å². The van der Waals surface area contributed by atoms with Crippen molar-refractivity contribution < 1.29 is 19.4 Å². The van der Waals surface area contributed by atoms with Gasteiger partial charge in [0.05, 0.1) is 12.7 Å². The van der Waals surface area contributed by atoms with Gasteiger partial charge in [0.1, 0.15) is 11.8 Å². The summed E-state index contributed by atoms with van der Waals surface area (Å²) in [5.41, 5.74) is 0.124. The van der Waals surface area contributed by atoms with Gasteiger partial charge < -0.3 is 15.2 Å². The van der Waals surface area contributed by atoms with Gasteiger partial charge in [0.25, 0.3) is 5.91 Å². The Kier molecular flexibility index (Phi) is 3.89. The Balaban J connectivity index is 2.31. The maximum atomic E-state index is 12.1. The van der Waals surface area contributed by atoms with Crippen molar-refractivity contribution in [3.8, 4) is 5.75 Å². The van der Waals surface area contributed by atoms with Gasteiger partial charge >= 0.3 is 5.97 Å². The number of hydrogen-bond donors (Lipinski definition) is 2. The molecule has 1 unspecified atom stereocenters. The fourth-order valence-electron chi connectivity index (χ4n) is 1.95. The van der Waals surface area contributed by atoms with E-state index in [1.165, 1.54) is 20.1 Å². The van der Waals surface area contributed by atoms with E-state index in [0.29, 0.717) is 5.39 Å². The smallest absolute Gasteiger partial charge is 0.328 e. The fourth-order valence-corrected chi connectivity index (χ4v) is 1.95. The molecule has 104 valence electrons. The van der Waals surface area contributed by atoms with Crippen LogP contribution in [-0.2, 0) is 9.53 Å². The van der Waals surface area contributed by atoms with Crippen LogP contribution in [0.1, 0.15) is 17.3 Å². The number of amides is 1. The van der Waals surface area contributed by atoms with Gasteiger partial charge in [-0.15, -0.1) is 0 Å². The van der Waals surface area contributed by atoms with Crippen molar-refractivity contribution in [2.45, 2.75) is 13.0 Å². The Bertz CT molecular complexity index is 666. The van der Waals surface area contributed by atoms with Crippen molar-refractivity contribution in [3.63, 3.8) is 0 Å². The van der Waals surface area contributed by atoms with Crippen molar-refractivity contribution in [3.05, 3.63) is 42.0 Å². The molecule has 0 aliphatic carbocycles. The lowest BCUT2D eigenvalue weighted by Gasteiger charge is -2.13. The van der Waals surface area contributed by atoms with E-state index in [-0.39, 0.29) is 11.3 Å². The molecule has 1 atom stereocenters. The Morgan fingerprint density at radius 2 is 1.90 bits per heavy atom. The number of carbonyl (C=O) groups excluding carboxylic acids is 2. The second-order valence-electron chi connectivity index (χ2n) is 4.40. The number of benzene rings is 2. The molecule has 0 bridgehead atoms. The van der Waals surface area contributed by atoms with Crippen molar-refractivity contribution in [1.82, 2.24) is 5.32 Å². The Morgan fingerprint density at radius 3 is 2.60 bits per heavy atom. The molecule has 2 aromatic carbocycles. The molecule has 0 aromatic heterocycles. The van der Waals surface area contributed by atoms with Crippen LogP contribution in [0, 0.1) is 0 Å². The Hall–Kier alpha value is -2.56. The van der Waals surface area contributed by atoms with Crippen LogP contribution in [0.15, 0.2) is 36.4 Å². The van der Waals surface area contributed by atoms with Crippen LogP contribution in [0.25, 0.3) is 10.8 Å². The van der Waals surface area contributed by atoms with Gasteiger partial charge in [0.15, 0.2) is 0 Å². The van der Waals surface area contributed by atoms with Gasteiger partial charge in [-0.2, -0.15) is 0 Å².